The van der Waals surface area contributed by atoms with Gasteiger partial charge in [0.25, 0.3) is 0 Å². The molecule has 2 atom stereocenters. The van der Waals surface area contributed by atoms with Crippen LogP contribution in [0.4, 0.5) is 0 Å². The summed E-state index contributed by atoms with van der Waals surface area (Å²) in [4.78, 5) is 24.9. The lowest BCUT2D eigenvalue weighted by molar-refractivity contribution is -0.123. The van der Waals surface area contributed by atoms with E-state index in [4.69, 9.17) is 9.15 Å². The van der Waals surface area contributed by atoms with Gasteiger partial charge in [0.2, 0.25) is 5.91 Å². The first-order valence-electron chi connectivity index (χ1n) is 8.60. The lowest BCUT2D eigenvalue weighted by Crippen LogP contribution is -2.30. The van der Waals surface area contributed by atoms with Gasteiger partial charge in [-0.2, -0.15) is 0 Å². The van der Waals surface area contributed by atoms with Crippen molar-refractivity contribution < 1.29 is 19.1 Å². The number of fused-ring (bicyclic) bond motifs is 1. The molecule has 6 nitrogen and oxygen atoms in total. The molecule has 1 amide bonds. The van der Waals surface area contributed by atoms with E-state index in [1.165, 1.54) is 13.2 Å². The zero-order valence-corrected chi connectivity index (χ0v) is 15.4. The predicted octanol–water partition coefficient (Wildman–Crippen LogP) is 3.49. The third kappa shape index (κ3) is 3.79. The van der Waals surface area contributed by atoms with Crippen molar-refractivity contribution in [2.24, 2.45) is 0 Å². The first-order valence-corrected chi connectivity index (χ1v) is 8.60. The molecule has 3 rings (SSSR count). The molecule has 2 aromatic carbocycles. The molecule has 0 bridgehead atoms. The van der Waals surface area contributed by atoms with Crippen molar-refractivity contribution in [1.29, 1.82) is 0 Å². The summed E-state index contributed by atoms with van der Waals surface area (Å²) in [5.41, 5.74) is 0.283. The highest BCUT2D eigenvalue weighted by atomic mass is 16.5. The van der Waals surface area contributed by atoms with Crippen LogP contribution >= 0.6 is 0 Å². The number of ether oxygens (including phenoxy) is 1. The molecule has 0 radical (unpaired) electrons. The van der Waals surface area contributed by atoms with Gasteiger partial charge in [-0.25, -0.2) is 4.79 Å². The molecule has 140 valence electrons. The van der Waals surface area contributed by atoms with Gasteiger partial charge in [-0.15, -0.1) is 0 Å². The SMILES string of the molecule is COc1cc(O)c2c(=O)oc([C@H](C)C(=O)N[C@H](C)c3ccccc3)cc2c1. The molecule has 0 saturated heterocycles. The third-order valence-electron chi connectivity index (χ3n) is 4.55. The summed E-state index contributed by atoms with van der Waals surface area (Å²) in [6, 6.07) is 13.9. The Balaban J connectivity index is 1.89. The topological polar surface area (TPSA) is 88.8 Å². The number of phenolic OH excluding ortho intramolecular Hbond substituents is 1. The second kappa shape index (κ2) is 7.53. The van der Waals surface area contributed by atoms with Crippen molar-refractivity contribution in [2.75, 3.05) is 7.11 Å². The highest BCUT2D eigenvalue weighted by molar-refractivity contribution is 5.90. The molecule has 0 aliphatic carbocycles. The quantitative estimate of drug-likeness (QED) is 0.721. The fourth-order valence-corrected chi connectivity index (χ4v) is 2.92. The molecule has 0 fully saturated rings. The van der Waals surface area contributed by atoms with Gasteiger partial charge in [0.15, 0.2) is 0 Å². The summed E-state index contributed by atoms with van der Waals surface area (Å²) in [6.07, 6.45) is 0. The van der Waals surface area contributed by atoms with E-state index in [2.05, 4.69) is 5.32 Å². The van der Waals surface area contributed by atoms with Crippen LogP contribution in [0.15, 0.2) is 57.7 Å². The number of hydrogen-bond donors (Lipinski definition) is 2. The molecule has 0 saturated carbocycles. The number of carbonyl (C=O) groups is 1. The Morgan fingerprint density at radius 3 is 2.52 bits per heavy atom. The van der Waals surface area contributed by atoms with Crippen LogP contribution in [0.2, 0.25) is 0 Å². The van der Waals surface area contributed by atoms with Gasteiger partial charge in [-0.3, -0.25) is 4.79 Å². The average Bonchev–Trinajstić information content (AvgIpc) is 2.67. The summed E-state index contributed by atoms with van der Waals surface area (Å²) in [5, 5.41) is 13.5. The maximum absolute atomic E-state index is 12.6. The van der Waals surface area contributed by atoms with Crippen LogP contribution in [-0.4, -0.2) is 18.1 Å². The van der Waals surface area contributed by atoms with Gasteiger partial charge >= 0.3 is 5.63 Å². The van der Waals surface area contributed by atoms with E-state index < -0.39 is 11.5 Å². The fourth-order valence-electron chi connectivity index (χ4n) is 2.92. The minimum Gasteiger partial charge on any atom is -0.507 e. The molecular weight excluding hydrogens is 346 g/mol. The molecule has 6 heteroatoms. The third-order valence-corrected chi connectivity index (χ3v) is 4.55. The lowest BCUT2D eigenvalue weighted by Gasteiger charge is -2.17. The second-order valence-corrected chi connectivity index (χ2v) is 6.41. The van der Waals surface area contributed by atoms with Crippen LogP contribution in [-0.2, 0) is 4.79 Å². The van der Waals surface area contributed by atoms with E-state index in [1.54, 1.807) is 19.1 Å². The Morgan fingerprint density at radius 2 is 1.85 bits per heavy atom. The van der Waals surface area contributed by atoms with Crippen molar-refractivity contribution in [3.8, 4) is 11.5 Å². The number of hydrogen-bond acceptors (Lipinski definition) is 5. The van der Waals surface area contributed by atoms with E-state index in [0.29, 0.717) is 11.1 Å². The van der Waals surface area contributed by atoms with E-state index >= 15 is 0 Å². The Hall–Kier alpha value is -3.28. The van der Waals surface area contributed by atoms with Gasteiger partial charge in [0.05, 0.1) is 19.1 Å². The van der Waals surface area contributed by atoms with Crippen molar-refractivity contribution in [3.05, 3.63) is 70.3 Å². The molecule has 0 spiro atoms. The molecule has 3 aromatic rings. The maximum atomic E-state index is 12.6. The Kier molecular flexibility index (Phi) is 5.16. The molecule has 0 aliphatic heterocycles. The smallest absolute Gasteiger partial charge is 0.347 e. The summed E-state index contributed by atoms with van der Waals surface area (Å²) < 4.78 is 10.4. The zero-order valence-electron chi connectivity index (χ0n) is 15.4. The molecule has 1 aromatic heterocycles. The number of benzene rings is 2. The monoisotopic (exact) mass is 367 g/mol. The van der Waals surface area contributed by atoms with Crippen LogP contribution in [0.3, 0.4) is 0 Å². The van der Waals surface area contributed by atoms with Gasteiger partial charge in [-0.05, 0) is 36.9 Å². The van der Waals surface area contributed by atoms with Gasteiger partial charge in [0.1, 0.15) is 22.6 Å². The number of amides is 1. The standard InChI is InChI=1S/C21H21NO5/c1-12(20(24)22-13(2)14-7-5-4-6-8-14)18-10-15-9-16(26-3)11-17(23)19(15)21(25)27-18/h4-13,23H,1-3H3,(H,22,24)/t12-,13+/m0/s1. The molecule has 2 N–H and O–H groups in total. The lowest BCUT2D eigenvalue weighted by atomic mass is 10.0. The molecule has 1 heterocycles. The van der Waals surface area contributed by atoms with Crippen LogP contribution in [0.1, 0.15) is 37.1 Å². The van der Waals surface area contributed by atoms with Crippen LogP contribution < -0.4 is 15.7 Å². The highest BCUT2D eigenvalue weighted by Crippen LogP contribution is 2.30. The van der Waals surface area contributed by atoms with Crippen LogP contribution in [0.5, 0.6) is 11.5 Å². The number of nitrogens with one attached hydrogen (secondary N) is 1. The minimum atomic E-state index is -0.696. The fraction of sp³-hybridized carbons (Fsp3) is 0.238. The highest BCUT2D eigenvalue weighted by Gasteiger charge is 2.22. The van der Waals surface area contributed by atoms with Crippen molar-refractivity contribution in [1.82, 2.24) is 5.32 Å². The normalized spacial score (nSPS) is 13.1. The zero-order chi connectivity index (χ0) is 19.6. The molecule has 0 unspecified atom stereocenters. The molecular formula is C21H21NO5. The number of methoxy groups -OCH3 is 1. The van der Waals surface area contributed by atoms with E-state index in [9.17, 15) is 14.7 Å². The van der Waals surface area contributed by atoms with E-state index in [1.807, 2.05) is 37.3 Å². The second-order valence-electron chi connectivity index (χ2n) is 6.41. The average molecular weight is 367 g/mol. The number of phenols is 1. The van der Waals surface area contributed by atoms with Crippen LogP contribution in [0, 0.1) is 0 Å². The Bertz CT molecular complexity index is 1030. The first kappa shape index (κ1) is 18.5. The Morgan fingerprint density at radius 1 is 1.15 bits per heavy atom. The van der Waals surface area contributed by atoms with Gasteiger partial charge in [0, 0.05) is 6.07 Å². The maximum Gasteiger partial charge on any atom is 0.347 e. The summed E-state index contributed by atoms with van der Waals surface area (Å²) in [7, 11) is 1.47. The molecule has 27 heavy (non-hydrogen) atoms. The Labute approximate surface area is 156 Å². The van der Waals surface area contributed by atoms with E-state index in [-0.39, 0.29) is 28.8 Å². The number of rotatable bonds is 5. The van der Waals surface area contributed by atoms with Crippen molar-refractivity contribution in [3.63, 3.8) is 0 Å². The number of carbonyl (C=O) groups excluding carboxylic acids is 1. The van der Waals surface area contributed by atoms with Crippen LogP contribution in [0.25, 0.3) is 10.8 Å². The van der Waals surface area contributed by atoms with Crippen molar-refractivity contribution >= 4 is 16.7 Å². The van der Waals surface area contributed by atoms with Gasteiger partial charge in [-0.1, -0.05) is 30.3 Å². The largest absolute Gasteiger partial charge is 0.507 e. The first-order chi connectivity index (χ1) is 12.9. The molecule has 0 aliphatic rings. The summed E-state index contributed by atoms with van der Waals surface area (Å²) in [5.74, 6) is -0.536. The predicted molar refractivity (Wildman–Crippen MR) is 102 cm³/mol. The number of aromatic hydroxyl groups is 1. The van der Waals surface area contributed by atoms with E-state index in [0.717, 1.165) is 5.56 Å². The van der Waals surface area contributed by atoms with Gasteiger partial charge < -0.3 is 19.6 Å². The summed E-state index contributed by atoms with van der Waals surface area (Å²) in [6.45, 7) is 3.55. The van der Waals surface area contributed by atoms with Crippen molar-refractivity contribution in [2.45, 2.75) is 25.8 Å². The summed E-state index contributed by atoms with van der Waals surface area (Å²) >= 11 is 0. The minimum absolute atomic E-state index is 0.0600.